The molecule has 0 spiro atoms. The molecule has 8 heteroatoms. The van der Waals surface area contributed by atoms with E-state index in [-0.39, 0.29) is 0 Å². The zero-order valence-electron chi connectivity index (χ0n) is 12.0. The summed E-state index contributed by atoms with van der Waals surface area (Å²) >= 11 is 1.63. The Morgan fingerprint density at radius 2 is 2.41 bits per heavy atom. The minimum Gasteiger partial charge on any atom is -0.338 e. The van der Waals surface area contributed by atoms with E-state index in [9.17, 15) is 0 Å². The number of thiophene rings is 1. The maximum Gasteiger partial charge on any atom is 0.241 e. The average Bonchev–Trinajstić information content (AvgIpc) is 3.28. The van der Waals surface area contributed by atoms with Crippen LogP contribution in [0.25, 0.3) is 11.4 Å². The van der Waals surface area contributed by atoms with Crippen LogP contribution in [0.15, 0.2) is 34.0 Å². The highest BCUT2D eigenvalue weighted by Crippen LogP contribution is 2.23. The SMILES string of the molecule is c1ncn(C[C@@H]2CCCN2Cc2nc(-c3ccsc3)no2)n1. The highest BCUT2D eigenvalue weighted by Gasteiger charge is 2.26. The van der Waals surface area contributed by atoms with Gasteiger partial charge in [-0.3, -0.25) is 9.58 Å². The fourth-order valence-corrected chi connectivity index (χ4v) is 3.49. The maximum absolute atomic E-state index is 5.40. The third kappa shape index (κ3) is 2.79. The van der Waals surface area contributed by atoms with Crippen molar-refractivity contribution in [1.82, 2.24) is 29.8 Å². The molecule has 4 rings (SSSR count). The van der Waals surface area contributed by atoms with Crippen molar-refractivity contribution in [3.63, 3.8) is 0 Å². The standard InChI is InChI=1S/C14H16N6OS/c1-2-12(6-20-10-15-9-16-20)19(4-1)7-13-17-14(18-21-13)11-3-5-22-8-11/h3,5,8-10,12H,1-2,4,6-7H2/t12-/m0/s1. The monoisotopic (exact) mass is 316 g/mol. The Kier molecular flexibility index (Phi) is 3.69. The summed E-state index contributed by atoms with van der Waals surface area (Å²) in [6, 6.07) is 2.45. The molecule has 0 aromatic carbocycles. The zero-order chi connectivity index (χ0) is 14.8. The number of hydrogen-bond donors (Lipinski definition) is 0. The molecule has 0 aliphatic carbocycles. The third-order valence-electron chi connectivity index (χ3n) is 3.95. The highest BCUT2D eigenvalue weighted by atomic mass is 32.1. The van der Waals surface area contributed by atoms with Crippen LogP contribution in [0.3, 0.4) is 0 Å². The largest absolute Gasteiger partial charge is 0.338 e. The van der Waals surface area contributed by atoms with Gasteiger partial charge in [-0.25, -0.2) is 4.98 Å². The van der Waals surface area contributed by atoms with Gasteiger partial charge in [-0.15, -0.1) is 0 Å². The summed E-state index contributed by atoms with van der Waals surface area (Å²) in [6.45, 7) is 2.59. The van der Waals surface area contributed by atoms with E-state index in [1.54, 1.807) is 24.0 Å². The second kappa shape index (κ2) is 5.98. The summed E-state index contributed by atoms with van der Waals surface area (Å²) in [7, 11) is 0. The molecule has 0 saturated carbocycles. The Balaban J connectivity index is 1.44. The average molecular weight is 316 g/mol. The molecule has 1 saturated heterocycles. The van der Waals surface area contributed by atoms with Crippen LogP contribution in [-0.2, 0) is 13.1 Å². The summed E-state index contributed by atoms with van der Waals surface area (Å²) in [6.07, 6.45) is 5.68. The number of likely N-dealkylation sites (tertiary alicyclic amines) is 1. The first-order chi connectivity index (χ1) is 10.9. The van der Waals surface area contributed by atoms with Crippen molar-refractivity contribution >= 4 is 11.3 Å². The van der Waals surface area contributed by atoms with E-state index in [1.807, 2.05) is 21.5 Å². The molecular weight excluding hydrogens is 300 g/mol. The van der Waals surface area contributed by atoms with Gasteiger partial charge in [0.15, 0.2) is 0 Å². The normalized spacial score (nSPS) is 19.0. The lowest BCUT2D eigenvalue weighted by Crippen LogP contribution is -2.32. The molecule has 1 fully saturated rings. The molecular formula is C14H16N6OS. The Bertz CT molecular complexity index is 708. The van der Waals surface area contributed by atoms with Gasteiger partial charge in [0.2, 0.25) is 11.7 Å². The van der Waals surface area contributed by atoms with Crippen LogP contribution in [0.4, 0.5) is 0 Å². The summed E-state index contributed by atoms with van der Waals surface area (Å²) in [4.78, 5) is 10.9. The van der Waals surface area contributed by atoms with Crippen LogP contribution >= 0.6 is 11.3 Å². The van der Waals surface area contributed by atoms with E-state index >= 15 is 0 Å². The molecule has 0 amide bonds. The van der Waals surface area contributed by atoms with Crippen LogP contribution in [0, 0.1) is 0 Å². The Hall–Kier alpha value is -2.06. The fourth-order valence-electron chi connectivity index (χ4n) is 2.85. The predicted octanol–water partition coefficient (Wildman–Crippen LogP) is 2.05. The molecule has 0 radical (unpaired) electrons. The lowest BCUT2D eigenvalue weighted by atomic mass is 10.2. The first kappa shape index (κ1) is 13.6. The minimum atomic E-state index is 0.443. The molecule has 22 heavy (non-hydrogen) atoms. The molecule has 0 N–H and O–H groups in total. The summed E-state index contributed by atoms with van der Waals surface area (Å²) in [5, 5.41) is 12.3. The second-order valence-corrected chi connectivity index (χ2v) is 6.19. The molecule has 1 aliphatic heterocycles. The maximum atomic E-state index is 5.40. The van der Waals surface area contributed by atoms with E-state index in [1.165, 1.54) is 6.42 Å². The lowest BCUT2D eigenvalue weighted by Gasteiger charge is -2.22. The van der Waals surface area contributed by atoms with Crippen molar-refractivity contribution in [2.75, 3.05) is 6.54 Å². The second-order valence-electron chi connectivity index (χ2n) is 5.41. The molecule has 3 aromatic heterocycles. The molecule has 3 aromatic rings. The third-order valence-corrected chi connectivity index (χ3v) is 4.63. The first-order valence-corrected chi connectivity index (χ1v) is 8.24. The number of rotatable bonds is 5. The van der Waals surface area contributed by atoms with Crippen LogP contribution in [0.1, 0.15) is 18.7 Å². The molecule has 1 atom stereocenters. The Morgan fingerprint density at radius 3 is 3.23 bits per heavy atom. The summed E-state index contributed by atoms with van der Waals surface area (Å²) in [5.41, 5.74) is 1.01. The molecule has 0 unspecified atom stereocenters. The van der Waals surface area contributed by atoms with E-state index < -0.39 is 0 Å². The van der Waals surface area contributed by atoms with Crippen molar-refractivity contribution in [2.24, 2.45) is 0 Å². The van der Waals surface area contributed by atoms with Crippen LogP contribution in [0.5, 0.6) is 0 Å². The number of hydrogen-bond acceptors (Lipinski definition) is 7. The van der Waals surface area contributed by atoms with Gasteiger partial charge in [0, 0.05) is 17.0 Å². The Morgan fingerprint density at radius 1 is 1.41 bits per heavy atom. The summed E-state index contributed by atoms with van der Waals surface area (Å²) in [5.74, 6) is 1.34. The van der Waals surface area contributed by atoms with Gasteiger partial charge in [-0.05, 0) is 30.8 Å². The summed E-state index contributed by atoms with van der Waals surface area (Å²) < 4.78 is 7.28. The fraction of sp³-hybridized carbons (Fsp3) is 0.429. The Labute approximate surface area is 131 Å². The van der Waals surface area contributed by atoms with E-state index in [0.717, 1.165) is 25.1 Å². The van der Waals surface area contributed by atoms with Crippen molar-refractivity contribution in [1.29, 1.82) is 0 Å². The van der Waals surface area contributed by atoms with E-state index in [0.29, 0.717) is 24.3 Å². The van der Waals surface area contributed by atoms with Gasteiger partial charge < -0.3 is 4.52 Å². The highest BCUT2D eigenvalue weighted by molar-refractivity contribution is 7.08. The van der Waals surface area contributed by atoms with Gasteiger partial charge in [0.25, 0.3) is 0 Å². The first-order valence-electron chi connectivity index (χ1n) is 7.30. The quantitative estimate of drug-likeness (QED) is 0.717. The number of nitrogens with zero attached hydrogens (tertiary/aromatic N) is 6. The smallest absolute Gasteiger partial charge is 0.241 e. The minimum absolute atomic E-state index is 0.443. The van der Waals surface area contributed by atoms with Crippen molar-refractivity contribution in [2.45, 2.75) is 32.0 Å². The van der Waals surface area contributed by atoms with Crippen LogP contribution in [-0.4, -0.2) is 42.4 Å². The number of aromatic nitrogens is 5. The molecule has 114 valence electrons. The van der Waals surface area contributed by atoms with Crippen LogP contribution in [0.2, 0.25) is 0 Å². The van der Waals surface area contributed by atoms with Gasteiger partial charge in [0.05, 0.1) is 13.1 Å². The zero-order valence-corrected chi connectivity index (χ0v) is 12.8. The van der Waals surface area contributed by atoms with Crippen molar-refractivity contribution in [3.05, 3.63) is 35.4 Å². The van der Waals surface area contributed by atoms with E-state index in [4.69, 9.17) is 4.52 Å². The molecule has 7 nitrogen and oxygen atoms in total. The van der Waals surface area contributed by atoms with E-state index in [2.05, 4.69) is 25.1 Å². The van der Waals surface area contributed by atoms with Gasteiger partial charge >= 0.3 is 0 Å². The van der Waals surface area contributed by atoms with Crippen molar-refractivity contribution in [3.8, 4) is 11.4 Å². The predicted molar refractivity (Wildman–Crippen MR) is 81.1 cm³/mol. The molecule has 0 bridgehead atoms. The van der Waals surface area contributed by atoms with Crippen molar-refractivity contribution < 1.29 is 4.52 Å². The lowest BCUT2D eigenvalue weighted by molar-refractivity contribution is 0.192. The topological polar surface area (TPSA) is 72.9 Å². The molecule has 1 aliphatic rings. The van der Waals surface area contributed by atoms with Gasteiger partial charge in [-0.1, -0.05) is 5.16 Å². The van der Waals surface area contributed by atoms with Gasteiger partial charge in [-0.2, -0.15) is 21.4 Å². The van der Waals surface area contributed by atoms with Crippen LogP contribution < -0.4 is 0 Å². The van der Waals surface area contributed by atoms with Gasteiger partial charge in [0.1, 0.15) is 12.7 Å². The molecule has 4 heterocycles.